The van der Waals surface area contributed by atoms with Gasteiger partial charge in [-0.2, -0.15) is 11.8 Å². The van der Waals surface area contributed by atoms with Gasteiger partial charge in [0.1, 0.15) is 4.60 Å². The molecule has 0 unspecified atom stereocenters. The van der Waals surface area contributed by atoms with Crippen LogP contribution in [-0.2, 0) is 4.79 Å². The predicted octanol–water partition coefficient (Wildman–Crippen LogP) is 2.45. The molecular weight excluding hydrogens is 264 g/mol. The fraction of sp³-hybridized carbons (Fsp3) is 0.333. The molecule has 1 aromatic heterocycles. The number of thioether (sulfide) groups is 1. The van der Waals surface area contributed by atoms with E-state index in [0.29, 0.717) is 5.75 Å². The Hall–Kier alpha value is -0.550. The number of aryl methyl sites for hydroxylation is 1. The Morgan fingerprint density at radius 2 is 2.43 bits per heavy atom. The van der Waals surface area contributed by atoms with Gasteiger partial charge in [-0.3, -0.25) is 4.79 Å². The Morgan fingerprint density at radius 1 is 1.71 bits per heavy atom. The van der Waals surface area contributed by atoms with Crippen molar-refractivity contribution in [3.8, 4) is 0 Å². The van der Waals surface area contributed by atoms with Crippen LogP contribution in [0.4, 0.5) is 5.69 Å². The van der Waals surface area contributed by atoms with Gasteiger partial charge < -0.3 is 5.32 Å². The number of amides is 1. The second kappa shape index (κ2) is 5.36. The first-order valence-corrected chi connectivity index (χ1v) is 6.23. The smallest absolute Gasteiger partial charge is 0.234 e. The fourth-order valence-electron chi connectivity index (χ4n) is 0.955. The molecule has 0 aliphatic rings. The van der Waals surface area contributed by atoms with Gasteiger partial charge in [-0.15, -0.1) is 0 Å². The molecule has 0 aliphatic heterocycles. The maximum atomic E-state index is 11.2. The molecule has 14 heavy (non-hydrogen) atoms. The second-order valence-corrected chi connectivity index (χ2v) is 4.43. The van der Waals surface area contributed by atoms with Crippen molar-refractivity contribution in [2.45, 2.75) is 6.92 Å². The van der Waals surface area contributed by atoms with E-state index in [0.717, 1.165) is 15.9 Å². The zero-order valence-electron chi connectivity index (χ0n) is 8.00. The largest absolute Gasteiger partial charge is 0.324 e. The summed E-state index contributed by atoms with van der Waals surface area (Å²) in [6.07, 6.45) is 3.53. The lowest BCUT2D eigenvalue weighted by molar-refractivity contribution is -0.113. The van der Waals surface area contributed by atoms with Crippen molar-refractivity contribution in [1.29, 1.82) is 0 Å². The third kappa shape index (κ3) is 3.31. The Kier molecular flexibility index (Phi) is 4.41. The molecule has 1 aromatic rings. The SMILES string of the molecule is CSCC(=O)Nc1cnc(Br)c(C)c1. The Bertz CT molecular complexity index is 344. The van der Waals surface area contributed by atoms with Crippen LogP contribution in [-0.4, -0.2) is 22.9 Å². The standard InChI is InChI=1S/C9H11BrN2OS/c1-6-3-7(4-11-9(6)10)12-8(13)5-14-2/h3-4H,5H2,1-2H3,(H,12,13). The van der Waals surface area contributed by atoms with Gasteiger partial charge in [-0.1, -0.05) is 0 Å². The average molecular weight is 275 g/mol. The van der Waals surface area contributed by atoms with Crippen LogP contribution in [0.25, 0.3) is 0 Å². The number of anilines is 1. The maximum Gasteiger partial charge on any atom is 0.234 e. The maximum absolute atomic E-state index is 11.2. The number of carbonyl (C=O) groups is 1. The quantitative estimate of drug-likeness (QED) is 0.861. The number of halogens is 1. The molecule has 0 bridgehead atoms. The van der Waals surface area contributed by atoms with Crippen molar-refractivity contribution >= 4 is 39.3 Å². The molecular formula is C9H11BrN2OS. The van der Waals surface area contributed by atoms with Gasteiger partial charge in [0, 0.05) is 0 Å². The van der Waals surface area contributed by atoms with E-state index in [-0.39, 0.29) is 5.91 Å². The first-order valence-electron chi connectivity index (χ1n) is 4.04. The summed E-state index contributed by atoms with van der Waals surface area (Å²) >= 11 is 4.79. The highest BCUT2D eigenvalue weighted by molar-refractivity contribution is 9.10. The van der Waals surface area contributed by atoms with Gasteiger partial charge in [0.25, 0.3) is 0 Å². The molecule has 3 nitrogen and oxygen atoms in total. The third-order valence-electron chi connectivity index (χ3n) is 1.57. The van der Waals surface area contributed by atoms with Crippen molar-refractivity contribution in [2.75, 3.05) is 17.3 Å². The summed E-state index contributed by atoms with van der Waals surface area (Å²) in [4.78, 5) is 15.3. The number of nitrogens with zero attached hydrogens (tertiary/aromatic N) is 1. The van der Waals surface area contributed by atoms with E-state index in [4.69, 9.17) is 0 Å². The van der Waals surface area contributed by atoms with Crippen molar-refractivity contribution < 1.29 is 4.79 Å². The highest BCUT2D eigenvalue weighted by atomic mass is 79.9. The Balaban J connectivity index is 2.68. The Morgan fingerprint density at radius 3 is 3.00 bits per heavy atom. The molecule has 0 aromatic carbocycles. The summed E-state index contributed by atoms with van der Waals surface area (Å²) in [5.41, 5.74) is 1.75. The number of aromatic nitrogens is 1. The summed E-state index contributed by atoms with van der Waals surface area (Å²) < 4.78 is 0.806. The van der Waals surface area contributed by atoms with E-state index in [1.807, 2.05) is 19.2 Å². The molecule has 5 heteroatoms. The summed E-state index contributed by atoms with van der Waals surface area (Å²) in [6.45, 7) is 1.93. The van der Waals surface area contributed by atoms with Gasteiger partial charge in [-0.05, 0) is 40.7 Å². The topological polar surface area (TPSA) is 42.0 Å². The number of carbonyl (C=O) groups excluding carboxylic acids is 1. The van der Waals surface area contributed by atoms with E-state index in [1.54, 1.807) is 6.20 Å². The minimum atomic E-state index is 0.000947. The second-order valence-electron chi connectivity index (χ2n) is 2.81. The lowest BCUT2D eigenvalue weighted by Gasteiger charge is -2.05. The molecule has 0 radical (unpaired) electrons. The molecule has 1 rings (SSSR count). The number of hydrogen-bond donors (Lipinski definition) is 1. The van der Waals surface area contributed by atoms with Gasteiger partial charge >= 0.3 is 0 Å². The molecule has 0 saturated carbocycles. The zero-order valence-corrected chi connectivity index (χ0v) is 10.4. The molecule has 1 amide bonds. The highest BCUT2D eigenvalue weighted by Crippen LogP contribution is 2.16. The van der Waals surface area contributed by atoms with Gasteiger partial charge in [0.2, 0.25) is 5.91 Å². The lowest BCUT2D eigenvalue weighted by atomic mass is 10.3. The average Bonchev–Trinajstić information content (AvgIpc) is 2.12. The fourth-order valence-corrected chi connectivity index (χ4v) is 1.51. The van der Waals surface area contributed by atoms with Crippen LogP contribution in [0.3, 0.4) is 0 Å². The minimum absolute atomic E-state index is 0.000947. The van der Waals surface area contributed by atoms with Gasteiger partial charge in [-0.25, -0.2) is 4.98 Å². The summed E-state index contributed by atoms with van der Waals surface area (Å²) in [5.74, 6) is 0.468. The van der Waals surface area contributed by atoms with Crippen LogP contribution in [0.15, 0.2) is 16.9 Å². The van der Waals surface area contributed by atoms with Gasteiger partial charge in [0.05, 0.1) is 17.6 Å². The minimum Gasteiger partial charge on any atom is -0.324 e. The van der Waals surface area contributed by atoms with Crippen molar-refractivity contribution in [3.05, 3.63) is 22.4 Å². The van der Waals surface area contributed by atoms with Crippen LogP contribution in [0.1, 0.15) is 5.56 Å². The zero-order chi connectivity index (χ0) is 10.6. The van der Waals surface area contributed by atoms with E-state index in [1.165, 1.54) is 11.8 Å². The summed E-state index contributed by atoms with van der Waals surface area (Å²) in [5, 5.41) is 2.77. The van der Waals surface area contributed by atoms with E-state index >= 15 is 0 Å². The van der Waals surface area contributed by atoms with E-state index in [2.05, 4.69) is 26.2 Å². The summed E-state index contributed by atoms with van der Waals surface area (Å²) in [7, 11) is 0. The van der Waals surface area contributed by atoms with Crippen LogP contribution < -0.4 is 5.32 Å². The van der Waals surface area contributed by atoms with Gasteiger partial charge in [0.15, 0.2) is 0 Å². The number of nitrogens with one attached hydrogen (secondary N) is 1. The van der Waals surface area contributed by atoms with Crippen LogP contribution in [0.5, 0.6) is 0 Å². The van der Waals surface area contributed by atoms with Crippen molar-refractivity contribution in [1.82, 2.24) is 4.98 Å². The normalized spacial score (nSPS) is 9.93. The van der Waals surface area contributed by atoms with Crippen molar-refractivity contribution in [2.24, 2.45) is 0 Å². The monoisotopic (exact) mass is 274 g/mol. The van der Waals surface area contributed by atoms with E-state index < -0.39 is 0 Å². The number of pyridine rings is 1. The molecule has 76 valence electrons. The molecule has 0 atom stereocenters. The predicted molar refractivity (Wildman–Crippen MR) is 63.7 cm³/mol. The molecule has 0 fully saturated rings. The Labute approximate surface area is 95.8 Å². The van der Waals surface area contributed by atoms with Crippen LogP contribution in [0, 0.1) is 6.92 Å². The summed E-state index contributed by atoms with van der Waals surface area (Å²) in [6, 6.07) is 1.88. The lowest BCUT2D eigenvalue weighted by Crippen LogP contribution is -2.14. The molecule has 0 spiro atoms. The van der Waals surface area contributed by atoms with E-state index in [9.17, 15) is 4.79 Å². The molecule has 0 aliphatic carbocycles. The molecule has 0 saturated heterocycles. The molecule has 1 N–H and O–H groups in total. The third-order valence-corrected chi connectivity index (χ3v) is 2.95. The number of hydrogen-bond acceptors (Lipinski definition) is 3. The highest BCUT2D eigenvalue weighted by Gasteiger charge is 2.02. The van der Waals surface area contributed by atoms with Crippen molar-refractivity contribution in [3.63, 3.8) is 0 Å². The first-order chi connectivity index (χ1) is 6.63. The van der Waals surface area contributed by atoms with Crippen LogP contribution in [0.2, 0.25) is 0 Å². The number of rotatable bonds is 3. The first kappa shape index (κ1) is 11.5. The molecule has 1 heterocycles. The van der Waals surface area contributed by atoms with Crippen LogP contribution >= 0.6 is 27.7 Å².